The van der Waals surface area contributed by atoms with E-state index in [1.54, 1.807) is 0 Å². The Hall–Kier alpha value is -0.930. The summed E-state index contributed by atoms with van der Waals surface area (Å²) in [5, 5.41) is 3.64. The van der Waals surface area contributed by atoms with Crippen LogP contribution in [-0.4, -0.2) is 35.6 Å². The van der Waals surface area contributed by atoms with Crippen LogP contribution in [0.25, 0.3) is 0 Å². The molecule has 1 N–H and O–H groups in total. The molecule has 0 saturated carbocycles. The smallest absolute Gasteiger partial charge is 0.0544 e. The van der Waals surface area contributed by atoms with Crippen LogP contribution in [0.15, 0.2) is 18.3 Å². The lowest BCUT2D eigenvalue weighted by atomic mass is 9.94. The van der Waals surface area contributed by atoms with Crippen LogP contribution in [-0.2, 0) is 6.54 Å². The lowest BCUT2D eigenvalue weighted by molar-refractivity contribution is 0.309. The van der Waals surface area contributed by atoms with Gasteiger partial charge in [-0.3, -0.25) is 9.88 Å². The molecule has 1 aromatic rings. The number of nitrogens with one attached hydrogen (secondary N) is 1. The third-order valence-corrected chi connectivity index (χ3v) is 4.03. The van der Waals surface area contributed by atoms with Gasteiger partial charge in [-0.05, 0) is 43.9 Å². The molecule has 3 nitrogen and oxygen atoms in total. The highest BCUT2D eigenvalue weighted by atomic mass is 15.2. The van der Waals surface area contributed by atoms with Gasteiger partial charge in [0.05, 0.1) is 5.69 Å². The van der Waals surface area contributed by atoms with Gasteiger partial charge in [-0.1, -0.05) is 6.07 Å². The van der Waals surface area contributed by atoms with Crippen molar-refractivity contribution in [2.75, 3.05) is 19.6 Å². The summed E-state index contributed by atoms with van der Waals surface area (Å²) < 4.78 is 0. The molecule has 0 aromatic carbocycles. The Kier molecular flexibility index (Phi) is 3.12. The lowest BCUT2D eigenvalue weighted by Crippen LogP contribution is -2.40. The average Bonchev–Trinajstić information content (AvgIpc) is 2.74. The fraction of sp³-hybridized carbons (Fsp3) is 0.643. The molecule has 0 amide bonds. The monoisotopic (exact) mass is 231 g/mol. The Morgan fingerprint density at radius 1 is 1.41 bits per heavy atom. The molecule has 2 fully saturated rings. The molecule has 17 heavy (non-hydrogen) atoms. The van der Waals surface area contributed by atoms with Crippen molar-refractivity contribution in [2.24, 2.45) is 5.92 Å². The van der Waals surface area contributed by atoms with E-state index in [1.807, 2.05) is 6.20 Å². The van der Waals surface area contributed by atoms with Gasteiger partial charge in [0.25, 0.3) is 0 Å². The Labute approximate surface area is 103 Å². The predicted octanol–water partition coefficient (Wildman–Crippen LogP) is 1.57. The molecule has 3 rings (SSSR count). The first-order valence-corrected chi connectivity index (χ1v) is 6.68. The lowest BCUT2D eigenvalue weighted by Gasteiger charge is -2.24. The van der Waals surface area contributed by atoms with Crippen LogP contribution in [0.3, 0.4) is 0 Å². The maximum atomic E-state index is 4.50. The molecule has 2 saturated heterocycles. The fourth-order valence-corrected chi connectivity index (χ4v) is 3.09. The second-order valence-electron chi connectivity index (χ2n) is 5.48. The van der Waals surface area contributed by atoms with E-state index in [-0.39, 0.29) is 0 Å². The van der Waals surface area contributed by atoms with Crippen molar-refractivity contribution in [3.05, 3.63) is 29.6 Å². The first-order chi connectivity index (χ1) is 8.31. The van der Waals surface area contributed by atoms with Crippen LogP contribution in [0.2, 0.25) is 0 Å². The quantitative estimate of drug-likeness (QED) is 0.837. The number of hydrogen-bond acceptors (Lipinski definition) is 3. The van der Waals surface area contributed by atoms with E-state index in [4.69, 9.17) is 0 Å². The highest BCUT2D eigenvalue weighted by Gasteiger charge is 2.33. The van der Waals surface area contributed by atoms with Crippen LogP contribution >= 0.6 is 0 Å². The van der Waals surface area contributed by atoms with Crippen molar-refractivity contribution in [3.63, 3.8) is 0 Å². The van der Waals surface area contributed by atoms with E-state index < -0.39 is 0 Å². The molecule has 0 spiro atoms. The van der Waals surface area contributed by atoms with Gasteiger partial charge in [0, 0.05) is 31.9 Å². The molecule has 0 aliphatic carbocycles. The third-order valence-electron chi connectivity index (χ3n) is 4.03. The van der Waals surface area contributed by atoms with E-state index in [0.29, 0.717) is 0 Å². The third kappa shape index (κ3) is 2.50. The predicted molar refractivity (Wildman–Crippen MR) is 68.8 cm³/mol. The zero-order valence-electron chi connectivity index (χ0n) is 10.5. The fourth-order valence-electron chi connectivity index (χ4n) is 3.09. The highest BCUT2D eigenvalue weighted by molar-refractivity contribution is 5.12. The van der Waals surface area contributed by atoms with E-state index in [0.717, 1.165) is 18.5 Å². The molecule has 3 heteroatoms. The molecule has 2 unspecified atom stereocenters. The van der Waals surface area contributed by atoms with Gasteiger partial charge in [-0.2, -0.15) is 0 Å². The number of rotatable bonds is 2. The maximum Gasteiger partial charge on any atom is 0.0544 e. The van der Waals surface area contributed by atoms with Crippen LogP contribution in [0.4, 0.5) is 0 Å². The molecule has 1 aromatic heterocycles. The summed E-state index contributed by atoms with van der Waals surface area (Å²) in [4.78, 5) is 7.04. The summed E-state index contributed by atoms with van der Waals surface area (Å²) in [6.45, 7) is 6.74. The first kappa shape index (κ1) is 11.2. The number of likely N-dealkylation sites (tertiary alicyclic amines) is 1. The topological polar surface area (TPSA) is 28.2 Å². The van der Waals surface area contributed by atoms with Crippen molar-refractivity contribution < 1.29 is 0 Å². The van der Waals surface area contributed by atoms with E-state index >= 15 is 0 Å². The van der Waals surface area contributed by atoms with Gasteiger partial charge in [0.15, 0.2) is 0 Å². The molecular weight excluding hydrogens is 210 g/mol. The standard InChI is InChI=1S/C14H21N3/c1-11-4-5-13(16-7-11)9-17-8-12-3-2-6-15-14(12)10-17/h4-5,7,12,14-15H,2-3,6,8-10H2,1H3. The van der Waals surface area contributed by atoms with E-state index in [2.05, 4.69) is 34.3 Å². The maximum absolute atomic E-state index is 4.50. The SMILES string of the molecule is Cc1ccc(CN2CC3CCCNC3C2)nc1. The largest absolute Gasteiger partial charge is 0.312 e. The van der Waals surface area contributed by atoms with Crippen molar-refractivity contribution >= 4 is 0 Å². The second-order valence-corrected chi connectivity index (χ2v) is 5.48. The van der Waals surface area contributed by atoms with Crippen LogP contribution < -0.4 is 5.32 Å². The number of aryl methyl sites for hydroxylation is 1. The molecule has 0 bridgehead atoms. The van der Waals surface area contributed by atoms with E-state index in [1.165, 1.54) is 43.7 Å². The minimum Gasteiger partial charge on any atom is -0.312 e. The number of pyridine rings is 1. The molecule has 2 aliphatic rings. The molecular formula is C14H21N3. The van der Waals surface area contributed by atoms with Crippen molar-refractivity contribution in [1.29, 1.82) is 0 Å². The van der Waals surface area contributed by atoms with Gasteiger partial charge < -0.3 is 5.32 Å². The Morgan fingerprint density at radius 2 is 2.35 bits per heavy atom. The number of nitrogens with zero attached hydrogens (tertiary/aromatic N) is 2. The summed E-state index contributed by atoms with van der Waals surface area (Å²) in [5.41, 5.74) is 2.44. The molecule has 2 atom stereocenters. The summed E-state index contributed by atoms with van der Waals surface area (Å²) in [6.07, 6.45) is 4.71. The Morgan fingerprint density at radius 3 is 3.12 bits per heavy atom. The number of piperidine rings is 1. The minimum absolute atomic E-state index is 0.731. The summed E-state index contributed by atoms with van der Waals surface area (Å²) in [7, 11) is 0. The highest BCUT2D eigenvalue weighted by Crippen LogP contribution is 2.25. The Balaban J connectivity index is 1.61. The van der Waals surface area contributed by atoms with Crippen LogP contribution in [0.5, 0.6) is 0 Å². The van der Waals surface area contributed by atoms with Gasteiger partial charge in [-0.15, -0.1) is 0 Å². The van der Waals surface area contributed by atoms with Crippen molar-refractivity contribution in [1.82, 2.24) is 15.2 Å². The van der Waals surface area contributed by atoms with Gasteiger partial charge >= 0.3 is 0 Å². The van der Waals surface area contributed by atoms with Crippen molar-refractivity contribution in [2.45, 2.75) is 32.4 Å². The molecule has 0 radical (unpaired) electrons. The summed E-state index contributed by atoms with van der Waals surface area (Å²) >= 11 is 0. The summed E-state index contributed by atoms with van der Waals surface area (Å²) in [5.74, 6) is 0.870. The molecule has 2 aliphatic heterocycles. The molecule has 3 heterocycles. The van der Waals surface area contributed by atoms with Crippen LogP contribution in [0.1, 0.15) is 24.1 Å². The number of hydrogen-bond donors (Lipinski definition) is 1. The Bertz CT molecular complexity index is 360. The zero-order valence-corrected chi connectivity index (χ0v) is 10.5. The number of fused-ring (bicyclic) bond motifs is 1. The zero-order chi connectivity index (χ0) is 11.7. The summed E-state index contributed by atoms with van der Waals surface area (Å²) in [6, 6.07) is 5.04. The van der Waals surface area contributed by atoms with E-state index in [9.17, 15) is 0 Å². The number of aromatic nitrogens is 1. The molecule has 92 valence electrons. The normalized spacial score (nSPS) is 29.2. The van der Waals surface area contributed by atoms with Gasteiger partial charge in [0.1, 0.15) is 0 Å². The van der Waals surface area contributed by atoms with Gasteiger partial charge in [0.2, 0.25) is 0 Å². The van der Waals surface area contributed by atoms with Crippen LogP contribution in [0, 0.1) is 12.8 Å². The second kappa shape index (κ2) is 4.75. The van der Waals surface area contributed by atoms with Gasteiger partial charge in [-0.25, -0.2) is 0 Å². The first-order valence-electron chi connectivity index (χ1n) is 6.68. The minimum atomic E-state index is 0.731. The average molecular weight is 231 g/mol. The van der Waals surface area contributed by atoms with Crippen molar-refractivity contribution in [3.8, 4) is 0 Å².